The standard InChI is InChI=1S/C17H16N6S/c1-2-14-7-15-16(20-10-21-17(15)24-14)19-8-12-3-5-13(6-4-12)23-11-18-9-22-23/h3-7,9-11H,2,8H2,1H3,(H,19,20,21). The van der Waals surface area contributed by atoms with E-state index in [0.717, 1.165) is 28.1 Å². The number of hydrogen-bond donors (Lipinski definition) is 1. The van der Waals surface area contributed by atoms with E-state index in [1.165, 1.54) is 16.8 Å². The molecule has 1 N–H and O–H groups in total. The minimum absolute atomic E-state index is 0.709. The highest BCUT2D eigenvalue weighted by molar-refractivity contribution is 7.18. The van der Waals surface area contributed by atoms with Crippen LogP contribution in [-0.4, -0.2) is 24.7 Å². The fourth-order valence-corrected chi connectivity index (χ4v) is 3.45. The molecule has 0 amide bonds. The number of hydrogen-bond acceptors (Lipinski definition) is 6. The molecule has 0 atom stereocenters. The molecule has 4 rings (SSSR count). The average Bonchev–Trinajstić information content (AvgIpc) is 3.29. The van der Waals surface area contributed by atoms with Crippen molar-refractivity contribution in [2.75, 3.05) is 5.32 Å². The fraction of sp³-hybridized carbons (Fsp3) is 0.176. The Hall–Kier alpha value is -2.80. The van der Waals surface area contributed by atoms with E-state index in [1.807, 2.05) is 12.1 Å². The summed E-state index contributed by atoms with van der Waals surface area (Å²) >= 11 is 1.73. The first-order valence-corrected chi connectivity index (χ1v) is 8.56. The van der Waals surface area contributed by atoms with Gasteiger partial charge in [-0.05, 0) is 30.2 Å². The molecule has 0 radical (unpaired) electrons. The Morgan fingerprint density at radius 1 is 1.12 bits per heavy atom. The molecular formula is C17H16N6S. The van der Waals surface area contributed by atoms with Gasteiger partial charge in [0.1, 0.15) is 29.6 Å². The number of aromatic nitrogens is 5. The van der Waals surface area contributed by atoms with E-state index in [2.05, 4.69) is 50.5 Å². The molecule has 120 valence electrons. The first-order valence-electron chi connectivity index (χ1n) is 7.74. The van der Waals surface area contributed by atoms with Crippen LogP contribution >= 0.6 is 11.3 Å². The van der Waals surface area contributed by atoms with Gasteiger partial charge in [0, 0.05) is 11.4 Å². The summed E-state index contributed by atoms with van der Waals surface area (Å²) in [5.41, 5.74) is 2.17. The summed E-state index contributed by atoms with van der Waals surface area (Å²) in [5.74, 6) is 0.885. The third-order valence-electron chi connectivity index (χ3n) is 3.81. The van der Waals surface area contributed by atoms with Crippen molar-refractivity contribution in [2.24, 2.45) is 0 Å². The lowest BCUT2D eigenvalue weighted by atomic mass is 10.2. The van der Waals surface area contributed by atoms with Gasteiger partial charge in [0.25, 0.3) is 0 Å². The smallest absolute Gasteiger partial charge is 0.138 e. The fourth-order valence-electron chi connectivity index (χ4n) is 2.51. The first kappa shape index (κ1) is 14.8. The maximum absolute atomic E-state index is 4.39. The zero-order valence-corrected chi connectivity index (χ0v) is 14.0. The number of thiophene rings is 1. The molecule has 7 heteroatoms. The second-order valence-corrected chi connectivity index (χ2v) is 6.48. The van der Waals surface area contributed by atoms with Crippen molar-refractivity contribution in [1.29, 1.82) is 0 Å². The molecule has 3 aromatic heterocycles. The van der Waals surface area contributed by atoms with Crippen LogP contribution < -0.4 is 5.32 Å². The van der Waals surface area contributed by atoms with E-state index in [0.29, 0.717) is 6.54 Å². The molecule has 6 nitrogen and oxygen atoms in total. The molecule has 0 saturated heterocycles. The maximum Gasteiger partial charge on any atom is 0.138 e. The average molecular weight is 336 g/mol. The Kier molecular flexibility index (Phi) is 3.92. The minimum Gasteiger partial charge on any atom is -0.365 e. The van der Waals surface area contributed by atoms with E-state index in [-0.39, 0.29) is 0 Å². The lowest BCUT2D eigenvalue weighted by molar-refractivity contribution is 0.877. The predicted octanol–water partition coefficient (Wildman–Crippen LogP) is 3.45. The molecule has 0 bridgehead atoms. The summed E-state index contributed by atoms with van der Waals surface area (Å²) in [4.78, 5) is 15.1. The van der Waals surface area contributed by atoms with Crippen molar-refractivity contribution < 1.29 is 0 Å². The van der Waals surface area contributed by atoms with E-state index >= 15 is 0 Å². The van der Waals surface area contributed by atoms with Gasteiger partial charge in [-0.1, -0.05) is 19.1 Å². The van der Waals surface area contributed by atoms with E-state index in [1.54, 1.807) is 28.7 Å². The number of nitrogens with one attached hydrogen (secondary N) is 1. The predicted molar refractivity (Wildman–Crippen MR) is 95.5 cm³/mol. The third kappa shape index (κ3) is 2.85. The van der Waals surface area contributed by atoms with Crippen molar-refractivity contribution >= 4 is 27.4 Å². The van der Waals surface area contributed by atoms with Gasteiger partial charge in [0.2, 0.25) is 0 Å². The second-order valence-electron chi connectivity index (χ2n) is 5.37. The summed E-state index contributed by atoms with van der Waals surface area (Å²) < 4.78 is 1.74. The monoisotopic (exact) mass is 336 g/mol. The topological polar surface area (TPSA) is 68.5 Å². The number of rotatable bonds is 5. The Labute approximate surface area is 143 Å². The highest BCUT2D eigenvalue weighted by Crippen LogP contribution is 2.28. The summed E-state index contributed by atoms with van der Waals surface area (Å²) in [6, 6.07) is 10.4. The van der Waals surface area contributed by atoms with Gasteiger partial charge in [-0.2, -0.15) is 5.10 Å². The molecule has 0 aliphatic rings. The van der Waals surface area contributed by atoms with Gasteiger partial charge in [-0.15, -0.1) is 11.3 Å². The molecule has 0 aliphatic carbocycles. The summed E-state index contributed by atoms with van der Waals surface area (Å²) in [7, 11) is 0. The molecule has 0 aliphatic heterocycles. The quantitative estimate of drug-likeness (QED) is 0.604. The Morgan fingerprint density at radius 2 is 2.00 bits per heavy atom. The lowest BCUT2D eigenvalue weighted by Gasteiger charge is -2.07. The zero-order chi connectivity index (χ0) is 16.4. The van der Waals surface area contributed by atoms with Gasteiger partial charge in [-0.3, -0.25) is 0 Å². The van der Waals surface area contributed by atoms with Crippen LogP contribution in [0.5, 0.6) is 0 Å². The van der Waals surface area contributed by atoms with Gasteiger partial charge in [0.05, 0.1) is 11.1 Å². The Morgan fingerprint density at radius 3 is 2.75 bits per heavy atom. The van der Waals surface area contributed by atoms with Crippen LogP contribution in [0.25, 0.3) is 15.9 Å². The molecular weight excluding hydrogens is 320 g/mol. The van der Waals surface area contributed by atoms with Crippen molar-refractivity contribution in [1.82, 2.24) is 24.7 Å². The summed E-state index contributed by atoms with van der Waals surface area (Å²) in [6.45, 7) is 2.86. The number of anilines is 1. The second kappa shape index (κ2) is 6.37. The molecule has 0 spiro atoms. The first-order chi connectivity index (χ1) is 11.8. The normalized spacial score (nSPS) is 11.0. The van der Waals surface area contributed by atoms with Crippen LogP contribution in [0.4, 0.5) is 5.82 Å². The Bertz CT molecular complexity index is 943. The number of fused-ring (bicyclic) bond motifs is 1. The number of nitrogens with zero attached hydrogens (tertiary/aromatic N) is 5. The van der Waals surface area contributed by atoms with Crippen LogP contribution in [0.15, 0.2) is 49.3 Å². The molecule has 0 saturated carbocycles. The van der Waals surface area contributed by atoms with E-state index in [4.69, 9.17) is 0 Å². The summed E-state index contributed by atoms with van der Waals surface area (Å²) in [5, 5.41) is 8.64. The molecule has 0 fully saturated rings. The van der Waals surface area contributed by atoms with Gasteiger partial charge < -0.3 is 5.32 Å². The van der Waals surface area contributed by atoms with Crippen molar-refractivity contribution in [3.05, 3.63) is 59.8 Å². The Balaban J connectivity index is 1.51. The van der Waals surface area contributed by atoms with Crippen molar-refractivity contribution in [2.45, 2.75) is 19.9 Å². The van der Waals surface area contributed by atoms with E-state index in [9.17, 15) is 0 Å². The SMILES string of the molecule is CCc1cc2c(NCc3ccc(-n4cncn4)cc3)ncnc2s1. The van der Waals surface area contributed by atoms with Crippen LogP contribution in [0.2, 0.25) is 0 Å². The summed E-state index contributed by atoms with van der Waals surface area (Å²) in [6.07, 6.45) is 5.85. The van der Waals surface area contributed by atoms with E-state index < -0.39 is 0 Å². The van der Waals surface area contributed by atoms with Crippen molar-refractivity contribution in [3.63, 3.8) is 0 Å². The third-order valence-corrected chi connectivity index (χ3v) is 5.00. The largest absolute Gasteiger partial charge is 0.365 e. The highest BCUT2D eigenvalue weighted by Gasteiger charge is 2.07. The van der Waals surface area contributed by atoms with Crippen LogP contribution in [0.1, 0.15) is 17.4 Å². The molecule has 4 aromatic rings. The van der Waals surface area contributed by atoms with Crippen LogP contribution in [0, 0.1) is 0 Å². The van der Waals surface area contributed by atoms with Crippen molar-refractivity contribution in [3.8, 4) is 5.69 Å². The molecule has 1 aromatic carbocycles. The molecule has 0 unspecified atom stereocenters. The van der Waals surface area contributed by atoms with Gasteiger partial charge >= 0.3 is 0 Å². The lowest BCUT2D eigenvalue weighted by Crippen LogP contribution is -2.02. The molecule has 3 heterocycles. The molecule has 24 heavy (non-hydrogen) atoms. The number of benzene rings is 1. The highest BCUT2D eigenvalue weighted by atomic mass is 32.1. The zero-order valence-electron chi connectivity index (χ0n) is 13.2. The van der Waals surface area contributed by atoms with Gasteiger partial charge in [0.15, 0.2) is 0 Å². The number of aryl methyl sites for hydroxylation is 1. The van der Waals surface area contributed by atoms with Crippen LogP contribution in [-0.2, 0) is 13.0 Å². The maximum atomic E-state index is 4.39. The van der Waals surface area contributed by atoms with Crippen LogP contribution in [0.3, 0.4) is 0 Å². The minimum atomic E-state index is 0.709. The van der Waals surface area contributed by atoms with Gasteiger partial charge in [-0.25, -0.2) is 19.6 Å².